The fourth-order valence-electron chi connectivity index (χ4n) is 3.25. The Labute approximate surface area is 144 Å². The van der Waals surface area contributed by atoms with Crippen molar-refractivity contribution in [3.05, 3.63) is 30.5 Å². The molecule has 0 aliphatic heterocycles. The van der Waals surface area contributed by atoms with Crippen molar-refractivity contribution in [3.8, 4) is 11.4 Å². The lowest BCUT2D eigenvalue weighted by molar-refractivity contribution is 0.229. The van der Waals surface area contributed by atoms with Crippen LogP contribution < -0.4 is 10.1 Å². The van der Waals surface area contributed by atoms with Gasteiger partial charge in [-0.05, 0) is 49.4 Å². The number of fused-ring (bicyclic) bond motifs is 1. The highest BCUT2D eigenvalue weighted by molar-refractivity contribution is 5.72. The van der Waals surface area contributed by atoms with Gasteiger partial charge >= 0.3 is 0 Å². The molecule has 130 valence electrons. The average molecular weight is 340 g/mol. The van der Waals surface area contributed by atoms with Gasteiger partial charge in [-0.1, -0.05) is 5.21 Å². The Morgan fingerprint density at radius 3 is 2.84 bits per heavy atom. The molecule has 0 bridgehead atoms. The van der Waals surface area contributed by atoms with Crippen LogP contribution in [0.2, 0.25) is 0 Å². The number of ether oxygens (including phenoxy) is 1. The smallest absolute Gasteiger partial charge is 0.225 e. The van der Waals surface area contributed by atoms with E-state index in [0.29, 0.717) is 29.1 Å². The molecule has 3 aromatic rings. The number of hydrogen-bond acceptors (Lipinski definition) is 7. The molecule has 2 unspecified atom stereocenters. The number of benzene rings is 1. The molecule has 1 aliphatic carbocycles. The standard InChI is InChI=1S/C17H20N6O2/c1-25-14-6-4-13(5-7-14)23-16-15(21-22-23)9-18-17(20-16)19-12-3-2-11(8-12)10-24/h4-7,9,11-12,24H,2-3,8,10H2,1H3,(H,18,19,20). The summed E-state index contributed by atoms with van der Waals surface area (Å²) in [6.07, 6.45) is 4.66. The number of hydrogen-bond donors (Lipinski definition) is 2. The molecular formula is C17H20N6O2. The Morgan fingerprint density at radius 1 is 1.28 bits per heavy atom. The van der Waals surface area contributed by atoms with Gasteiger partial charge < -0.3 is 15.2 Å². The summed E-state index contributed by atoms with van der Waals surface area (Å²) in [5.74, 6) is 1.71. The number of aliphatic hydroxyl groups is 1. The van der Waals surface area contributed by atoms with Crippen LogP contribution in [0.15, 0.2) is 30.5 Å². The lowest BCUT2D eigenvalue weighted by Gasteiger charge is -2.12. The van der Waals surface area contributed by atoms with E-state index in [2.05, 4.69) is 25.6 Å². The second-order valence-electron chi connectivity index (χ2n) is 6.30. The molecule has 8 heteroatoms. The van der Waals surface area contributed by atoms with Crippen LogP contribution in [0.4, 0.5) is 5.95 Å². The van der Waals surface area contributed by atoms with Crippen molar-refractivity contribution in [2.45, 2.75) is 25.3 Å². The Morgan fingerprint density at radius 2 is 2.12 bits per heavy atom. The van der Waals surface area contributed by atoms with E-state index in [4.69, 9.17) is 4.74 Å². The van der Waals surface area contributed by atoms with E-state index in [9.17, 15) is 5.11 Å². The largest absolute Gasteiger partial charge is 0.497 e. The molecule has 0 radical (unpaired) electrons. The van der Waals surface area contributed by atoms with Gasteiger partial charge in [0.1, 0.15) is 5.75 Å². The lowest BCUT2D eigenvalue weighted by atomic mass is 10.1. The van der Waals surface area contributed by atoms with Crippen molar-refractivity contribution < 1.29 is 9.84 Å². The third-order valence-electron chi connectivity index (χ3n) is 4.64. The summed E-state index contributed by atoms with van der Waals surface area (Å²) < 4.78 is 6.87. The number of nitrogens with zero attached hydrogens (tertiary/aromatic N) is 5. The number of methoxy groups -OCH3 is 1. The molecule has 1 aromatic carbocycles. The van der Waals surface area contributed by atoms with Gasteiger partial charge in [-0.2, -0.15) is 9.67 Å². The van der Waals surface area contributed by atoms with Gasteiger partial charge in [0.2, 0.25) is 5.95 Å². The first-order valence-corrected chi connectivity index (χ1v) is 8.37. The van der Waals surface area contributed by atoms with E-state index in [1.807, 2.05) is 24.3 Å². The van der Waals surface area contributed by atoms with E-state index < -0.39 is 0 Å². The van der Waals surface area contributed by atoms with Gasteiger partial charge in [0.05, 0.1) is 19.0 Å². The van der Waals surface area contributed by atoms with Crippen LogP contribution in [0, 0.1) is 5.92 Å². The monoisotopic (exact) mass is 340 g/mol. The first kappa shape index (κ1) is 15.8. The molecule has 0 saturated heterocycles. The quantitative estimate of drug-likeness (QED) is 0.730. The van der Waals surface area contributed by atoms with Gasteiger partial charge in [-0.3, -0.25) is 0 Å². The molecule has 4 rings (SSSR count). The van der Waals surface area contributed by atoms with E-state index in [1.54, 1.807) is 18.0 Å². The molecule has 1 saturated carbocycles. The first-order chi connectivity index (χ1) is 12.3. The minimum absolute atomic E-state index is 0.242. The lowest BCUT2D eigenvalue weighted by Crippen LogP contribution is -2.18. The van der Waals surface area contributed by atoms with Crippen LogP contribution in [-0.4, -0.2) is 49.8 Å². The highest BCUT2D eigenvalue weighted by Gasteiger charge is 2.24. The second-order valence-corrected chi connectivity index (χ2v) is 6.30. The third kappa shape index (κ3) is 3.12. The van der Waals surface area contributed by atoms with E-state index in [-0.39, 0.29) is 6.61 Å². The Kier molecular flexibility index (Phi) is 4.19. The van der Waals surface area contributed by atoms with E-state index >= 15 is 0 Å². The maximum absolute atomic E-state index is 9.28. The van der Waals surface area contributed by atoms with E-state index in [1.165, 1.54) is 0 Å². The number of aliphatic hydroxyl groups excluding tert-OH is 1. The zero-order chi connectivity index (χ0) is 17.2. The van der Waals surface area contributed by atoms with E-state index in [0.717, 1.165) is 30.7 Å². The highest BCUT2D eigenvalue weighted by atomic mass is 16.5. The summed E-state index contributed by atoms with van der Waals surface area (Å²) in [5, 5.41) is 21.0. The van der Waals surface area contributed by atoms with Crippen LogP contribution >= 0.6 is 0 Å². The van der Waals surface area contributed by atoms with Crippen molar-refractivity contribution in [1.82, 2.24) is 25.0 Å². The van der Waals surface area contributed by atoms with Crippen LogP contribution in [0.3, 0.4) is 0 Å². The molecule has 2 aromatic heterocycles. The number of anilines is 1. The molecule has 2 atom stereocenters. The Bertz CT molecular complexity index is 863. The topological polar surface area (TPSA) is 98.0 Å². The number of aromatic nitrogens is 5. The predicted octanol–water partition coefficient (Wildman–Crippen LogP) is 1.79. The number of nitrogens with one attached hydrogen (secondary N) is 1. The second kappa shape index (κ2) is 6.64. The minimum Gasteiger partial charge on any atom is -0.497 e. The molecule has 0 amide bonds. The maximum Gasteiger partial charge on any atom is 0.225 e. The summed E-state index contributed by atoms with van der Waals surface area (Å²) >= 11 is 0. The summed E-state index contributed by atoms with van der Waals surface area (Å²) in [5.41, 5.74) is 2.15. The fourth-order valence-corrected chi connectivity index (χ4v) is 3.25. The van der Waals surface area contributed by atoms with Gasteiger partial charge in [-0.25, -0.2) is 4.98 Å². The van der Waals surface area contributed by atoms with Gasteiger partial charge in [0.25, 0.3) is 0 Å². The summed E-state index contributed by atoms with van der Waals surface area (Å²) in [4.78, 5) is 8.93. The molecule has 2 heterocycles. The van der Waals surface area contributed by atoms with Crippen molar-refractivity contribution >= 4 is 17.1 Å². The van der Waals surface area contributed by atoms with Crippen molar-refractivity contribution in [2.75, 3.05) is 19.0 Å². The highest BCUT2D eigenvalue weighted by Crippen LogP contribution is 2.27. The van der Waals surface area contributed by atoms with Gasteiger partial charge in [0, 0.05) is 12.6 Å². The average Bonchev–Trinajstić information content (AvgIpc) is 3.28. The molecule has 2 N–H and O–H groups in total. The molecule has 1 fully saturated rings. The first-order valence-electron chi connectivity index (χ1n) is 8.37. The normalized spacial score (nSPS) is 20.1. The third-order valence-corrected chi connectivity index (χ3v) is 4.64. The fraction of sp³-hybridized carbons (Fsp3) is 0.412. The van der Waals surface area contributed by atoms with Crippen LogP contribution in [0.1, 0.15) is 19.3 Å². The maximum atomic E-state index is 9.28. The summed E-state index contributed by atoms with van der Waals surface area (Å²) in [7, 11) is 1.63. The Hall–Kier alpha value is -2.74. The molecule has 1 aliphatic rings. The van der Waals surface area contributed by atoms with Gasteiger partial charge in [-0.15, -0.1) is 5.10 Å². The zero-order valence-electron chi connectivity index (χ0n) is 14.0. The summed E-state index contributed by atoms with van der Waals surface area (Å²) in [6.45, 7) is 0.242. The van der Waals surface area contributed by atoms with Crippen LogP contribution in [0.25, 0.3) is 16.9 Å². The van der Waals surface area contributed by atoms with Crippen molar-refractivity contribution in [3.63, 3.8) is 0 Å². The van der Waals surface area contributed by atoms with Crippen molar-refractivity contribution in [1.29, 1.82) is 0 Å². The number of rotatable bonds is 5. The minimum atomic E-state index is 0.242. The molecular weight excluding hydrogens is 320 g/mol. The van der Waals surface area contributed by atoms with Crippen molar-refractivity contribution in [2.24, 2.45) is 5.92 Å². The summed E-state index contributed by atoms with van der Waals surface area (Å²) in [6, 6.07) is 7.85. The van der Waals surface area contributed by atoms with Gasteiger partial charge in [0.15, 0.2) is 11.2 Å². The predicted molar refractivity (Wildman–Crippen MR) is 92.8 cm³/mol. The molecule has 25 heavy (non-hydrogen) atoms. The zero-order valence-corrected chi connectivity index (χ0v) is 14.0. The Balaban J connectivity index is 1.61. The van der Waals surface area contributed by atoms with Crippen LogP contribution in [0.5, 0.6) is 5.75 Å². The molecule has 0 spiro atoms. The molecule has 8 nitrogen and oxygen atoms in total. The SMILES string of the molecule is COc1ccc(-n2nnc3cnc(NC4CCC(CO)C4)nc32)cc1. The van der Waals surface area contributed by atoms with Crippen LogP contribution in [-0.2, 0) is 0 Å².